The fraction of sp³-hybridized carbons (Fsp3) is 0.179. The standard InChI is InChI=1S/C28H24N2O6/c1-34-17-10-8-16(9-11-17)29-22(31)14-15-30-25-18-6-4-5-7-19(18)26(32)23(25)20-12-13-21(35-2)27(36-3)24(20)28(30)33/h4-13H,14-15H2,1-3H3,(H,29,31). The van der Waals surface area contributed by atoms with E-state index in [1.54, 1.807) is 55.6 Å². The number of fused-ring (bicyclic) bond motifs is 5. The van der Waals surface area contributed by atoms with Crippen molar-refractivity contribution < 1.29 is 23.8 Å². The summed E-state index contributed by atoms with van der Waals surface area (Å²) in [4.78, 5) is 40.1. The smallest absolute Gasteiger partial charge is 0.262 e. The van der Waals surface area contributed by atoms with Gasteiger partial charge in [0.05, 0.1) is 38.0 Å². The fourth-order valence-corrected chi connectivity index (χ4v) is 4.70. The molecule has 36 heavy (non-hydrogen) atoms. The highest BCUT2D eigenvalue weighted by molar-refractivity contribution is 6.27. The van der Waals surface area contributed by atoms with Crippen molar-refractivity contribution >= 4 is 28.2 Å². The lowest BCUT2D eigenvalue weighted by atomic mass is 10.0. The predicted molar refractivity (Wildman–Crippen MR) is 136 cm³/mol. The van der Waals surface area contributed by atoms with Crippen LogP contribution in [0.15, 0.2) is 65.5 Å². The molecule has 0 fully saturated rings. The van der Waals surface area contributed by atoms with E-state index in [-0.39, 0.29) is 41.4 Å². The van der Waals surface area contributed by atoms with Crippen LogP contribution in [0.5, 0.6) is 17.2 Å². The summed E-state index contributed by atoms with van der Waals surface area (Å²) in [6.45, 7) is 0.0705. The Balaban J connectivity index is 1.61. The molecule has 1 aliphatic carbocycles. The van der Waals surface area contributed by atoms with Crippen LogP contribution in [0.2, 0.25) is 0 Å². The van der Waals surface area contributed by atoms with Crippen molar-refractivity contribution in [1.29, 1.82) is 0 Å². The molecule has 0 saturated heterocycles. The molecule has 0 radical (unpaired) electrons. The number of hydrogen-bond acceptors (Lipinski definition) is 6. The van der Waals surface area contributed by atoms with E-state index in [1.165, 1.54) is 18.8 Å². The average Bonchev–Trinajstić information content (AvgIpc) is 3.20. The van der Waals surface area contributed by atoms with Crippen LogP contribution in [-0.4, -0.2) is 37.6 Å². The summed E-state index contributed by atoms with van der Waals surface area (Å²) in [6, 6.07) is 17.5. The number of amides is 1. The zero-order valence-electron chi connectivity index (χ0n) is 20.1. The minimum atomic E-state index is -0.360. The Morgan fingerprint density at radius 3 is 2.25 bits per heavy atom. The van der Waals surface area contributed by atoms with Crippen molar-refractivity contribution in [3.8, 4) is 28.5 Å². The zero-order valence-corrected chi connectivity index (χ0v) is 20.1. The van der Waals surface area contributed by atoms with Crippen molar-refractivity contribution in [3.63, 3.8) is 0 Å². The fourth-order valence-electron chi connectivity index (χ4n) is 4.70. The Kier molecular flexibility index (Phi) is 5.93. The number of rotatable bonds is 7. The maximum atomic E-state index is 13.9. The van der Waals surface area contributed by atoms with Gasteiger partial charge in [-0.05, 0) is 36.4 Å². The van der Waals surface area contributed by atoms with Gasteiger partial charge in [-0.1, -0.05) is 24.3 Å². The Morgan fingerprint density at radius 1 is 0.861 bits per heavy atom. The zero-order chi connectivity index (χ0) is 25.4. The lowest BCUT2D eigenvalue weighted by Crippen LogP contribution is -2.26. The summed E-state index contributed by atoms with van der Waals surface area (Å²) >= 11 is 0. The molecular weight excluding hydrogens is 460 g/mol. The maximum absolute atomic E-state index is 13.9. The molecule has 0 bridgehead atoms. The van der Waals surface area contributed by atoms with Gasteiger partial charge >= 0.3 is 0 Å². The molecule has 1 aliphatic rings. The van der Waals surface area contributed by atoms with Crippen molar-refractivity contribution in [1.82, 2.24) is 4.57 Å². The van der Waals surface area contributed by atoms with Crippen molar-refractivity contribution in [2.24, 2.45) is 0 Å². The molecule has 1 N–H and O–H groups in total. The molecular formula is C28H24N2O6. The highest BCUT2D eigenvalue weighted by atomic mass is 16.5. The van der Waals surface area contributed by atoms with Crippen LogP contribution in [-0.2, 0) is 11.3 Å². The molecule has 182 valence electrons. The van der Waals surface area contributed by atoms with Gasteiger partial charge in [0, 0.05) is 35.2 Å². The Hall–Kier alpha value is -4.59. The summed E-state index contributed by atoms with van der Waals surface area (Å²) in [6.07, 6.45) is 0.0204. The number of aromatic nitrogens is 1. The first-order valence-corrected chi connectivity index (χ1v) is 11.4. The molecule has 8 nitrogen and oxygen atoms in total. The molecule has 0 unspecified atom stereocenters. The van der Waals surface area contributed by atoms with Gasteiger partial charge in [0.15, 0.2) is 17.3 Å². The third-order valence-electron chi connectivity index (χ3n) is 6.37. The first-order chi connectivity index (χ1) is 17.5. The van der Waals surface area contributed by atoms with Gasteiger partial charge < -0.3 is 24.1 Å². The minimum Gasteiger partial charge on any atom is -0.497 e. The van der Waals surface area contributed by atoms with E-state index in [0.29, 0.717) is 45.0 Å². The van der Waals surface area contributed by atoms with Crippen LogP contribution < -0.4 is 25.1 Å². The Morgan fingerprint density at radius 2 is 1.58 bits per heavy atom. The molecule has 0 saturated carbocycles. The van der Waals surface area contributed by atoms with Crippen LogP contribution in [0.1, 0.15) is 22.3 Å². The number of hydrogen-bond donors (Lipinski definition) is 1. The Bertz CT molecular complexity index is 1570. The van der Waals surface area contributed by atoms with Gasteiger partial charge in [-0.25, -0.2) is 0 Å². The first-order valence-electron chi connectivity index (χ1n) is 11.4. The van der Waals surface area contributed by atoms with Gasteiger partial charge in [-0.15, -0.1) is 0 Å². The van der Waals surface area contributed by atoms with E-state index >= 15 is 0 Å². The minimum absolute atomic E-state index is 0.0204. The van der Waals surface area contributed by atoms with Crippen molar-refractivity contribution in [3.05, 3.63) is 82.1 Å². The second-order valence-corrected chi connectivity index (χ2v) is 8.31. The average molecular weight is 485 g/mol. The number of methoxy groups -OCH3 is 3. The van der Waals surface area contributed by atoms with E-state index in [1.807, 2.05) is 12.1 Å². The molecule has 1 heterocycles. The molecule has 3 aromatic carbocycles. The molecule has 4 aromatic rings. The quantitative estimate of drug-likeness (QED) is 0.371. The van der Waals surface area contributed by atoms with Gasteiger partial charge in [-0.3, -0.25) is 14.4 Å². The predicted octanol–water partition coefficient (Wildman–Crippen LogP) is 4.27. The third-order valence-corrected chi connectivity index (χ3v) is 6.37. The second kappa shape index (κ2) is 9.22. The lowest BCUT2D eigenvalue weighted by Gasteiger charge is -2.17. The summed E-state index contributed by atoms with van der Waals surface area (Å²) in [5.74, 6) is 0.876. The summed E-state index contributed by atoms with van der Waals surface area (Å²) < 4.78 is 17.6. The molecule has 0 spiro atoms. The topological polar surface area (TPSA) is 95.9 Å². The number of pyridine rings is 1. The molecule has 1 amide bonds. The highest BCUT2D eigenvalue weighted by Gasteiger charge is 2.33. The molecule has 1 aromatic heterocycles. The summed E-state index contributed by atoms with van der Waals surface area (Å²) in [7, 11) is 4.51. The number of carbonyl (C=O) groups is 2. The summed E-state index contributed by atoms with van der Waals surface area (Å²) in [5.41, 5.74) is 2.37. The molecule has 5 rings (SSSR count). The Labute approximate surface area is 207 Å². The lowest BCUT2D eigenvalue weighted by molar-refractivity contribution is -0.116. The number of nitrogens with zero attached hydrogens (tertiary/aromatic N) is 1. The van der Waals surface area contributed by atoms with Gasteiger partial charge in [-0.2, -0.15) is 0 Å². The highest BCUT2D eigenvalue weighted by Crippen LogP contribution is 2.43. The van der Waals surface area contributed by atoms with Crippen LogP contribution in [0.3, 0.4) is 0 Å². The number of anilines is 1. The maximum Gasteiger partial charge on any atom is 0.262 e. The van der Waals surface area contributed by atoms with Gasteiger partial charge in [0.1, 0.15) is 5.75 Å². The van der Waals surface area contributed by atoms with E-state index in [9.17, 15) is 14.4 Å². The first kappa shape index (κ1) is 23.2. The van der Waals surface area contributed by atoms with Crippen LogP contribution in [0.4, 0.5) is 5.69 Å². The normalized spacial score (nSPS) is 11.7. The van der Waals surface area contributed by atoms with E-state index in [2.05, 4.69) is 5.32 Å². The van der Waals surface area contributed by atoms with Crippen molar-refractivity contribution in [2.75, 3.05) is 26.6 Å². The van der Waals surface area contributed by atoms with Crippen LogP contribution in [0.25, 0.3) is 22.0 Å². The molecule has 0 aliphatic heterocycles. The van der Waals surface area contributed by atoms with Crippen LogP contribution >= 0.6 is 0 Å². The molecule has 0 atom stereocenters. The second-order valence-electron chi connectivity index (χ2n) is 8.31. The van der Waals surface area contributed by atoms with Gasteiger partial charge in [0.25, 0.3) is 5.56 Å². The van der Waals surface area contributed by atoms with Gasteiger partial charge in [0.2, 0.25) is 5.91 Å². The molecule has 8 heteroatoms. The van der Waals surface area contributed by atoms with Crippen molar-refractivity contribution in [2.45, 2.75) is 13.0 Å². The number of nitrogens with one attached hydrogen (secondary N) is 1. The summed E-state index contributed by atoms with van der Waals surface area (Å²) in [5, 5.41) is 3.57. The monoisotopic (exact) mass is 484 g/mol. The van der Waals surface area contributed by atoms with E-state index < -0.39 is 0 Å². The number of carbonyl (C=O) groups excluding carboxylic acids is 2. The number of ether oxygens (including phenoxy) is 3. The van der Waals surface area contributed by atoms with Crippen LogP contribution in [0, 0.1) is 0 Å². The SMILES string of the molecule is COc1ccc(NC(=O)CCn2c3c(c4ccc(OC)c(OC)c4c2=O)C(=O)c2ccccc2-3)cc1. The number of benzene rings is 3. The number of ketones is 1. The van der Waals surface area contributed by atoms with E-state index in [4.69, 9.17) is 14.2 Å². The third kappa shape index (κ3) is 3.67. The van der Waals surface area contributed by atoms with E-state index in [0.717, 1.165) is 0 Å². The largest absolute Gasteiger partial charge is 0.497 e.